The molecule has 0 bridgehead atoms. The summed E-state index contributed by atoms with van der Waals surface area (Å²) in [6.45, 7) is 8.45. The summed E-state index contributed by atoms with van der Waals surface area (Å²) in [5.41, 5.74) is 3.77. The zero-order chi connectivity index (χ0) is 18.5. The minimum atomic E-state index is -0.155. The highest BCUT2D eigenvalue weighted by atomic mass is 16.1. The summed E-state index contributed by atoms with van der Waals surface area (Å²) in [6.07, 6.45) is 0.799. The van der Waals surface area contributed by atoms with Crippen molar-refractivity contribution < 1.29 is 0 Å². The van der Waals surface area contributed by atoms with Crippen molar-refractivity contribution in [3.8, 4) is 0 Å². The first kappa shape index (κ1) is 17.0. The summed E-state index contributed by atoms with van der Waals surface area (Å²) < 4.78 is 1.92. The number of fused-ring (bicyclic) bond motifs is 2. The molecule has 0 saturated heterocycles. The van der Waals surface area contributed by atoms with E-state index in [1.807, 2.05) is 23.9 Å². The Morgan fingerprint density at radius 3 is 2.77 bits per heavy atom. The molecule has 1 aromatic carbocycles. The van der Waals surface area contributed by atoms with Crippen LogP contribution < -0.4 is 5.56 Å². The van der Waals surface area contributed by atoms with Crippen LogP contribution in [-0.4, -0.2) is 31.2 Å². The van der Waals surface area contributed by atoms with Crippen LogP contribution in [0.3, 0.4) is 0 Å². The molecule has 0 saturated carbocycles. The first-order chi connectivity index (χ1) is 12.3. The fourth-order valence-electron chi connectivity index (χ4n) is 3.59. The molecule has 0 atom stereocenters. The van der Waals surface area contributed by atoms with Gasteiger partial charge < -0.3 is 4.98 Å². The van der Waals surface area contributed by atoms with E-state index < -0.39 is 0 Å². The third-order valence-electron chi connectivity index (χ3n) is 5.07. The van der Waals surface area contributed by atoms with Gasteiger partial charge in [0, 0.05) is 43.9 Å². The van der Waals surface area contributed by atoms with Gasteiger partial charge in [0.25, 0.3) is 5.56 Å². The maximum absolute atomic E-state index is 12.6. The van der Waals surface area contributed by atoms with E-state index in [1.54, 1.807) is 0 Å². The molecule has 0 radical (unpaired) electrons. The van der Waals surface area contributed by atoms with E-state index in [0.29, 0.717) is 6.54 Å². The number of hydrogen-bond donors (Lipinski definition) is 1. The van der Waals surface area contributed by atoms with Crippen LogP contribution >= 0.6 is 0 Å². The van der Waals surface area contributed by atoms with E-state index in [9.17, 15) is 4.79 Å². The van der Waals surface area contributed by atoms with Gasteiger partial charge in [0.05, 0.1) is 22.5 Å². The molecule has 0 spiro atoms. The topological polar surface area (TPSA) is 66.8 Å². The number of para-hydroxylation sites is 1. The molecule has 136 valence electrons. The van der Waals surface area contributed by atoms with E-state index in [0.717, 1.165) is 47.8 Å². The quantitative estimate of drug-likeness (QED) is 0.770. The molecular formula is C20H25N5O. The fraction of sp³-hybridized carbons (Fsp3) is 0.450. The molecule has 6 heteroatoms. The number of aromatic nitrogens is 4. The van der Waals surface area contributed by atoms with Crippen LogP contribution in [0.15, 0.2) is 29.1 Å². The monoisotopic (exact) mass is 351 g/mol. The van der Waals surface area contributed by atoms with E-state index >= 15 is 0 Å². The average molecular weight is 351 g/mol. The maximum atomic E-state index is 12.6. The molecule has 2 aromatic heterocycles. The van der Waals surface area contributed by atoms with Gasteiger partial charge in [0.2, 0.25) is 0 Å². The summed E-state index contributed by atoms with van der Waals surface area (Å²) in [5, 5.41) is 5.86. The Hall–Kier alpha value is -2.47. The van der Waals surface area contributed by atoms with Crippen molar-refractivity contribution in [3.63, 3.8) is 0 Å². The van der Waals surface area contributed by atoms with E-state index in [-0.39, 0.29) is 11.0 Å². The fourth-order valence-corrected chi connectivity index (χ4v) is 3.59. The standard InChI is InChI=1S/C20H25N5O/c1-20(2,3)19-21-15-9-10-25(11-14(15)18(26)22-19)12-16-13-7-5-6-8-17(13)24(4)23-16/h5-8H,9-12H2,1-4H3,(H,21,22,26). The molecule has 0 aliphatic carbocycles. The number of aryl methyl sites for hydroxylation is 1. The third kappa shape index (κ3) is 2.94. The Labute approximate surface area is 152 Å². The molecule has 26 heavy (non-hydrogen) atoms. The lowest BCUT2D eigenvalue weighted by Gasteiger charge is -2.28. The summed E-state index contributed by atoms with van der Waals surface area (Å²) in [5.74, 6) is 0.769. The number of rotatable bonds is 2. The number of benzene rings is 1. The molecule has 0 unspecified atom stereocenters. The highest BCUT2D eigenvalue weighted by molar-refractivity contribution is 5.81. The van der Waals surface area contributed by atoms with Crippen molar-refractivity contribution in [2.45, 2.75) is 45.7 Å². The average Bonchev–Trinajstić information content (AvgIpc) is 2.91. The zero-order valence-corrected chi connectivity index (χ0v) is 15.8. The first-order valence-corrected chi connectivity index (χ1v) is 9.08. The molecule has 0 fully saturated rings. The zero-order valence-electron chi connectivity index (χ0n) is 15.8. The van der Waals surface area contributed by atoms with Crippen molar-refractivity contribution in [1.29, 1.82) is 0 Å². The van der Waals surface area contributed by atoms with Crippen molar-refractivity contribution in [2.75, 3.05) is 6.54 Å². The van der Waals surface area contributed by atoms with Gasteiger partial charge in [0.1, 0.15) is 5.82 Å². The summed E-state index contributed by atoms with van der Waals surface area (Å²) >= 11 is 0. The van der Waals surface area contributed by atoms with Crippen LogP contribution in [0, 0.1) is 0 Å². The molecule has 4 rings (SSSR count). The molecule has 0 amide bonds. The van der Waals surface area contributed by atoms with E-state index in [4.69, 9.17) is 4.98 Å². The van der Waals surface area contributed by atoms with Crippen molar-refractivity contribution in [1.82, 2.24) is 24.6 Å². The number of hydrogen-bond acceptors (Lipinski definition) is 4. The lowest BCUT2D eigenvalue weighted by atomic mass is 9.95. The molecule has 1 N–H and O–H groups in total. The van der Waals surface area contributed by atoms with Gasteiger partial charge in [-0.2, -0.15) is 5.10 Å². The predicted molar refractivity (Wildman–Crippen MR) is 102 cm³/mol. The Morgan fingerprint density at radius 1 is 1.23 bits per heavy atom. The lowest BCUT2D eigenvalue weighted by Crippen LogP contribution is -2.37. The van der Waals surface area contributed by atoms with Crippen LogP contribution in [-0.2, 0) is 32.0 Å². The normalized spacial score (nSPS) is 15.4. The van der Waals surface area contributed by atoms with E-state index in [1.165, 1.54) is 5.39 Å². The molecule has 3 heterocycles. The minimum Gasteiger partial charge on any atom is -0.310 e. The van der Waals surface area contributed by atoms with Gasteiger partial charge in [-0.1, -0.05) is 39.0 Å². The third-order valence-corrected chi connectivity index (χ3v) is 5.07. The second-order valence-electron chi connectivity index (χ2n) is 8.14. The van der Waals surface area contributed by atoms with Crippen LogP contribution in [0.2, 0.25) is 0 Å². The Morgan fingerprint density at radius 2 is 2.00 bits per heavy atom. The highest BCUT2D eigenvalue weighted by Crippen LogP contribution is 2.23. The van der Waals surface area contributed by atoms with Crippen LogP contribution in [0.4, 0.5) is 0 Å². The Kier molecular flexibility index (Phi) is 3.95. The Balaban J connectivity index is 1.62. The Bertz CT molecular complexity index is 1020. The van der Waals surface area contributed by atoms with Crippen molar-refractivity contribution in [3.05, 3.63) is 57.4 Å². The van der Waals surface area contributed by atoms with Gasteiger partial charge in [-0.25, -0.2) is 4.98 Å². The van der Waals surface area contributed by atoms with Gasteiger partial charge >= 0.3 is 0 Å². The van der Waals surface area contributed by atoms with Crippen LogP contribution in [0.1, 0.15) is 43.5 Å². The first-order valence-electron chi connectivity index (χ1n) is 9.08. The second kappa shape index (κ2) is 6.06. The molecule has 1 aliphatic rings. The number of H-pyrrole nitrogens is 1. The summed E-state index contributed by atoms with van der Waals surface area (Å²) in [7, 11) is 1.97. The van der Waals surface area contributed by atoms with Crippen molar-refractivity contribution >= 4 is 10.9 Å². The van der Waals surface area contributed by atoms with Gasteiger partial charge in [-0.15, -0.1) is 0 Å². The molecule has 1 aliphatic heterocycles. The second-order valence-corrected chi connectivity index (χ2v) is 8.14. The van der Waals surface area contributed by atoms with Crippen LogP contribution in [0.5, 0.6) is 0 Å². The van der Waals surface area contributed by atoms with Gasteiger partial charge in [0.15, 0.2) is 0 Å². The lowest BCUT2D eigenvalue weighted by molar-refractivity contribution is 0.238. The SMILES string of the molecule is Cn1nc(CN2CCc3nc(C(C)(C)C)[nH]c(=O)c3C2)c2ccccc21. The smallest absolute Gasteiger partial charge is 0.255 e. The summed E-state index contributed by atoms with van der Waals surface area (Å²) in [4.78, 5) is 22.6. The molecule has 3 aromatic rings. The number of nitrogens with one attached hydrogen (secondary N) is 1. The van der Waals surface area contributed by atoms with Crippen molar-refractivity contribution in [2.24, 2.45) is 7.05 Å². The number of nitrogens with zero attached hydrogens (tertiary/aromatic N) is 4. The summed E-state index contributed by atoms with van der Waals surface area (Å²) in [6, 6.07) is 8.27. The maximum Gasteiger partial charge on any atom is 0.255 e. The highest BCUT2D eigenvalue weighted by Gasteiger charge is 2.25. The van der Waals surface area contributed by atoms with E-state index in [2.05, 4.69) is 47.9 Å². The molecule has 6 nitrogen and oxygen atoms in total. The molecular weight excluding hydrogens is 326 g/mol. The predicted octanol–water partition coefficient (Wildman–Crippen LogP) is 2.51. The van der Waals surface area contributed by atoms with Gasteiger partial charge in [-0.3, -0.25) is 14.4 Å². The van der Waals surface area contributed by atoms with Gasteiger partial charge in [-0.05, 0) is 6.07 Å². The largest absolute Gasteiger partial charge is 0.310 e. The van der Waals surface area contributed by atoms with Crippen LogP contribution in [0.25, 0.3) is 10.9 Å². The minimum absolute atomic E-state index is 0.00416. The number of aromatic amines is 1.